The molecule has 6 heteroatoms. The Balaban J connectivity index is 2.09. The summed E-state index contributed by atoms with van der Waals surface area (Å²) in [5.74, 6) is 0.746. The minimum Gasteiger partial charge on any atom is -0.493 e. The van der Waals surface area contributed by atoms with Crippen LogP contribution in [-0.4, -0.2) is 32.4 Å². The summed E-state index contributed by atoms with van der Waals surface area (Å²) in [5, 5.41) is 11.9. The normalized spacial score (nSPS) is 10.5. The standard InChI is InChI=1S/C19H21NO5/c1-23-16-10-15(11-17(24-2)19(16)25-3)20-12-14-6-4-13(5-7-14)8-9-18(21)22/h4-11,20H,12H2,1-3H3,(H,21,22)/b9-8+. The maximum absolute atomic E-state index is 10.5. The molecule has 0 atom stereocenters. The van der Waals surface area contributed by atoms with E-state index in [9.17, 15) is 4.79 Å². The van der Waals surface area contributed by atoms with Gasteiger partial charge < -0.3 is 24.6 Å². The second-order valence-electron chi connectivity index (χ2n) is 5.18. The number of carbonyl (C=O) groups is 1. The van der Waals surface area contributed by atoms with Crippen molar-refractivity contribution >= 4 is 17.7 Å². The van der Waals surface area contributed by atoms with Crippen molar-refractivity contribution in [1.82, 2.24) is 0 Å². The Bertz CT molecular complexity index is 728. The van der Waals surface area contributed by atoms with E-state index in [0.717, 1.165) is 22.9 Å². The van der Waals surface area contributed by atoms with Gasteiger partial charge in [-0.3, -0.25) is 0 Å². The van der Waals surface area contributed by atoms with Gasteiger partial charge in [0.2, 0.25) is 5.75 Å². The third kappa shape index (κ3) is 4.91. The molecular formula is C19H21NO5. The first-order valence-corrected chi connectivity index (χ1v) is 7.61. The van der Waals surface area contributed by atoms with E-state index in [-0.39, 0.29) is 0 Å². The van der Waals surface area contributed by atoms with Crippen LogP contribution in [0, 0.1) is 0 Å². The Kier molecular flexibility index (Phi) is 6.28. The van der Waals surface area contributed by atoms with Crippen LogP contribution in [0.25, 0.3) is 6.08 Å². The van der Waals surface area contributed by atoms with Crippen LogP contribution in [0.4, 0.5) is 5.69 Å². The summed E-state index contributed by atoms with van der Waals surface area (Å²) in [6, 6.07) is 11.3. The number of rotatable bonds is 8. The van der Waals surface area contributed by atoms with Crippen molar-refractivity contribution in [3.63, 3.8) is 0 Å². The van der Waals surface area contributed by atoms with Gasteiger partial charge in [-0.05, 0) is 17.2 Å². The first-order chi connectivity index (χ1) is 12.1. The molecule has 0 heterocycles. The lowest BCUT2D eigenvalue weighted by Crippen LogP contribution is -2.02. The number of benzene rings is 2. The molecule has 0 amide bonds. The minimum atomic E-state index is -0.965. The number of hydrogen-bond donors (Lipinski definition) is 2. The summed E-state index contributed by atoms with van der Waals surface area (Å²) in [4.78, 5) is 10.5. The van der Waals surface area contributed by atoms with Crippen LogP contribution in [0.15, 0.2) is 42.5 Å². The summed E-state index contributed by atoms with van der Waals surface area (Å²) >= 11 is 0. The van der Waals surface area contributed by atoms with Crippen molar-refractivity contribution in [2.24, 2.45) is 0 Å². The van der Waals surface area contributed by atoms with Gasteiger partial charge in [0, 0.05) is 30.4 Å². The molecule has 0 radical (unpaired) electrons. The monoisotopic (exact) mass is 343 g/mol. The average Bonchev–Trinajstić information content (AvgIpc) is 2.64. The summed E-state index contributed by atoms with van der Waals surface area (Å²) < 4.78 is 16.0. The van der Waals surface area contributed by atoms with Crippen LogP contribution < -0.4 is 19.5 Å². The second-order valence-corrected chi connectivity index (χ2v) is 5.18. The number of methoxy groups -OCH3 is 3. The molecule has 25 heavy (non-hydrogen) atoms. The highest BCUT2D eigenvalue weighted by atomic mass is 16.5. The van der Waals surface area contributed by atoms with Crippen LogP contribution in [0.1, 0.15) is 11.1 Å². The van der Waals surface area contributed by atoms with E-state index in [0.29, 0.717) is 23.8 Å². The van der Waals surface area contributed by atoms with Crippen molar-refractivity contribution < 1.29 is 24.1 Å². The fraction of sp³-hybridized carbons (Fsp3) is 0.211. The quantitative estimate of drug-likeness (QED) is 0.715. The second kappa shape index (κ2) is 8.63. The number of ether oxygens (including phenoxy) is 3. The fourth-order valence-corrected chi connectivity index (χ4v) is 2.30. The van der Waals surface area contributed by atoms with Crippen molar-refractivity contribution in [3.05, 3.63) is 53.6 Å². The Morgan fingerprint density at radius 3 is 2.12 bits per heavy atom. The molecule has 0 unspecified atom stereocenters. The number of carboxylic acids is 1. The molecule has 0 fully saturated rings. The van der Waals surface area contributed by atoms with Crippen LogP contribution in [-0.2, 0) is 11.3 Å². The lowest BCUT2D eigenvalue weighted by atomic mass is 10.1. The lowest BCUT2D eigenvalue weighted by molar-refractivity contribution is -0.131. The fourth-order valence-electron chi connectivity index (χ4n) is 2.30. The maximum Gasteiger partial charge on any atom is 0.328 e. The molecule has 0 saturated carbocycles. The SMILES string of the molecule is COc1cc(NCc2ccc(/C=C/C(=O)O)cc2)cc(OC)c1OC. The van der Waals surface area contributed by atoms with Gasteiger partial charge in [-0.25, -0.2) is 4.79 Å². The number of nitrogens with one attached hydrogen (secondary N) is 1. The van der Waals surface area contributed by atoms with Crippen molar-refractivity contribution in [2.45, 2.75) is 6.54 Å². The molecule has 132 valence electrons. The van der Waals surface area contributed by atoms with E-state index >= 15 is 0 Å². The van der Waals surface area contributed by atoms with Crippen LogP contribution >= 0.6 is 0 Å². The average molecular weight is 343 g/mol. The van der Waals surface area contributed by atoms with Crippen molar-refractivity contribution in [2.75, 3.05) is 26.6 Å². The molecule has 2 N–H and O–H groups in total. The van der Waals surface area contributed by atoms with Crippen LogP contribution in [0.3, 0.4) is 0 Å². The molecule has 2 aromatic carbocycles. The molecule has 2 rings (SSSR count). The first kappa shape index (κ1) is 18.2. The highest BCUT2D eigenvalue weighted by Crippen LogP contribution is 2.39. The minimum absolute atomic E-state index is 0.546. The maximum atomic E-state index is 10.5. The van der Waals surface area contributed by atoms with Gasteiger partial charge in [-0.1, -0.05) is 24.3 Å². The van der Waals surface area contributed by atoms with Gasteiger partial charge in [-0.15, -0.1) is 0 Å². The summed E-state index contributed by atoms with van der Waals surface area (Å²) in [6.45, 7) is 0.599. The van der Waals surface area contributed by atoms with Gasteiger partial charge >= 0.3 is 5.97 Å². The van der Waals surface area contributed by atoms with E-state index in [2.05, 4.69) is 5.32 Å². The molecule has 0 aromatic heterocycles. The Hall–Kier alpha value is -3.15. The van der Waals surface area contributed by atoms with Gasteiger partial charge in [0.1, 0.15) is 0 Å². The Morgan fingerprint density at radius 1 is 1.04 bits per heavy atom. The smallest absolute Gasteiger partial charge is 0.328 e. The predicted octanol–water partition coefficient (Wildman–Crippen LogP) is 3.42. The Morgan fingerprint density at radius 2 is 1.64 bits per heavy atom. The van der Waals surface area contributed by atoms with E-state index in [4.69, 9.17) is 19.3 Å². The van der Waals surface area contributed by atoms with E-state index in [1.807, 2.05) is 36.4 Å². The molecule has 0 bridgehead atoms. The molecule has 0 aliphatic heterocycles. The summed E-state index contributed by atoms with van der Waals surface area (Å²) in [5.41, 5.74) is 2.73. The van der Waals surface area contributed by atoms with Crippen molar-refractivity contribution in [1.29, 1.82) is 0 Å². The largest absolute Gasteiger partial charge is 0.493 e. The van der Waals surface area contributed by atoms with Crippen LogP contribution in [0.2, 0.25) is 0 Å². The topological polar surface area (TPSA) is 77.0 Å². The van der Waals surface area contributed by atoms with E-state index in [1.165, 1.54) is 0 Å². The summed E-state index contributed by atoms with van der Waals surface area (Å²) in [6.07, 6.45) is 2.67. The number of anilines is 1. The van der Waals surface area contributed by atoms with Crippen molar-refractivity contribution in [3.8, 4) is 17.2 Å². The lowest BCUT2D eigenvalue weighted by Gasteiger charge is -2.15. The molecule has 6 nitrogen and oxygen atoms in total. The molecule has 0 aliphatic carbocycles. The molecule has 2 aromatic rings. The molecule has 0 aliphatic rings. The molecule has 0 saturated heterocycles. The predicted molar refractivity (Wildman–Crippen MR) is 96.5 cm³/mol. The van der Waals surface area contributed by atoms with Gasteiger partial charge in [0.05, 0.1) is 21.3 Å². The van der Waals surface area contributed by atoms with Gasteiger partial charge in [-0.2, -0.15) is 0 Å². The number of hydrogen-bond acceptors (Lipinski definition) is 5. The number of aliphatic carboxylic acids is 1. The zero-order valence-corrected chi connectivity index (χ0v) is 14.4. The summed E-state index contributed by atoms with van der Waals surface area (Å²) in [7, 11) is 4.71. The molecule has 0 spiro atoms. The Labute approximate surface area is 146 Å². The van der Waals surface area contributed by atoms with Crippen LogP contribution in [0.5, 0.6) is 17.2 Å². The van der Waals surface area contributed by atoms with E-state index in [1.54, 1.807) is 27.4 Å². The first-order valence-electron chi connectivity index (χ1n) is 7.61. The zero-order chi connectivity index (χ0) is 18.2. The highest BCUT2D eigenvalue weighted by molar-refractivity contribution is 5.85. The zero-order valence-electron chi connectivity index (χ0n) is 14.4. The van der Waals surface area contributed by atoms with Gasteiger partial charge in [0.25, 0.3) is 0 Å². The van der Waals surface area contributed by atoms with Gasteiger partial charge in [0.15, 0.2) is 11.5 Å². The molecular weight excluding hydrogens is 322 g/mol. The number of carboxylic acid groups (broad SMARTS) is 1. The third-order valence-corrected chi connectivity index (χ3v) is 3.56. The van der Waals surface area contributed by atoms with E-state index < -0.39 is 5.97 Å². The third-order valence-electron chi connectivity index (χ3n) is 3.56. The highest BCUT2D eigenvalue weighted by Gasteiger charge is 2.12.